The Kier molecular flexibility index (Phi) is 5.85. The molecule has 3 N–H and O–H groups in total. The molecule has 1 saturated heterocycles. The van der Waals surface area contributed by atoms with Crippen LogP contribution >= 0.6 is 0 Å². The third kappa shape index (κ3) is 4.42. The smallest absolute Gasteiger partial charge is 0.407 e. The van der Waals surface area contributed by atoms with Crippen LogP contribution in [0.2, 0.25) is 0 Å². The van der Waals surface area contributed by atoms with Crippen LogP contribution < -0.4 is 10.1 Å². The van der Waals surface area contributed by atoms with Gasteiger partial charge in [0, 0.05) is 42.1 Å². The SMILES string of the molecule is Cc1[nH]c2c(-c3cc(F)ccc3OCC3CC3)ccnc2c1C(=O)NC1CCN(C(=O)O)CC1. The summed E-state index contributed by atoms with van der Waals surface area (Å²) in [6, 6.07) is 6.16. The zero-order valence-corrected chi connectivity index (χ0v) is 18.9. The first kappa shape index (κ1) is 22.2. The molecule has 0 unspecified atom stereocenters. The zero-order chi connectivity index (χ0) is 23.8. The average molecular weight is 467 g/mol. The van der Waals surface area contributed by atoms with E-state index in [-0.39, 0.29) is 17.8 Å². The van der Waals surface area contributed by atoms with E-state index in [2.05, 4.69) is 15.3 Å². The fraction of sp³-hybridized carbons (Fsp3) is 0.400. The normalized spacial score (nSPS) is 16.6. The first-order chi connectivity index (χ1) is 16.4. The molecule has 1 aliphatic carbocycles. The van der Waals surface area contributed by atoms with Crippen molar-refractivity contribution in [1.82, 2.24) is 20.2 Å². The van der Waals surface area contributed by atoms with Crippen molar-refractivity contribution >= 4 is 23.0 Å². The standard InChI is InChI=1S/C25H27FN4O4/c1-14-21(24(31)29-17-7-10-30(11-8-17)25(32)33)23-22(28-14)18(6-9-27-23)19-12-16(26)4-5-20(19)34-13-15-2-3-15/h4-6,9,12,15,17,28H,2-3,7-8,10-11,13H2,1H3,(H,29,31)(H,32,33). The molecule has 1 aromatic carbocycles. The molecule has 0 bridgehead atoms. The first-order valence-corrected chi connectivity index (χ1v) is 11.6. The number of likely N-dealkylation sites (tertiary alicyclic amines) is 1. The number of pyridine rings is 1. The monoisotopic (exact) mass is 466 g/mol. The number of aromatic nitrogens is 2. The second kappa shape index (κ2) is 8.96. The first-order valence-electron chi connectivity index (χ1n) is 11.6. The van der Waals surface area contributed by atoms with Crippen molar-refractivity contribution in [2.75, 3.05) is 19.7 Å². The number of aryl methyl sites for hydroxylation is 1. The second-order valence-corrected chi connectivity index (χ2v) is 9.12. The molecular formula is C25H27FN4O4. The van der Waals surface area contributed by atoms with Crippen LogP contribution in [0.25, 0.3) is 22.2 Å². The minimum Gasteiger partial charge on any atom is -0.493 e. The van der Waals surface area contributed by atoms with Gasteiger partial charge in [-0.25, -0.2) is 9.18 Å². The van der Waals surface area contributed by atoms with Crippen LogP contribution in [0.4, 0.5) is 9.18 Å². The fourth-order valence-electron chi connectivity index (χ4n) is 4.51. The van der Waals surface area contributed by atoms with E-state index in [0.717, 1.165) is 12.8 Å². The Hall–Kier alpha value is -3.62. The van der Waals surface area contributed by atoms with Gasteiger partial charge in [-0.2, -0.15) is 0 Å². The van der Waals surface area contributed by atoms with E-state index in [0.29, 0.717) is 77.6 Å². The summed E-state index contributed by atoms with van der Waals surface area (Å²) in [5.41, 5.74) is 3.58. The number of hydrogen-bond acceptors (Lipinski definition) is 4. The van der Waals surface area contributed by atoms with E-state index < -0.39 is 6.09 Å². The number of nitrogens with one attached hydrogen (secondary N) is 2. The highest BCUT2D eigenvalue weighted by atomic mass is 19.1. The van der Waals surface area contributed by atoms with Crippen molar-refractivity contribution in [1.29, 1.82) is 0 Å². The number of carbonyl (C=O) groups excluding carboxylic acids is 1. The third-order valence-electron chi connectivity index (χ3n) is 6.61. The number of nitrogens with zero attached hydrogens (tertiary/aromatic N) is 2. The van der Waals surface area contributed by atoms with Crippen LogP contribution in [0.15, 0.2) is 30.5 Å². The molecule has 34 heavy (non-hydrogen) atoms. The van der Waals surface area contributed by atoms with Gasteiger partial charge in [0.1, 0.15) is 17.1 Å². The van der Waals surface area contributed by atoms with Crippen LogP contribution in [-0.4, -0.2) is 57.7 Å². The minimum absolute atomic E-state index is 0.110. The molecule has 3 heterocycles. The lowest BCUT2D eigenvalue weighted by Crippen LogP contribution is -2.46. The highest BCUT2D eigenvalue weighted by molar-refractivity contribution is 6.09. The lowest BCUT2D eigenvalue weighted by atomic mass is 10.0. The molecule has 2 aromatic heterocycles. The van der Waals surface area contributed by atoms with Crippen molar-refractivity contribution in [3.63, 3.8) is 0 Å². The van der Waals surface area contributed by atoms with Crippen LogP contribution in [0.3, 0.4) is 0 Å². The van der Waals surface area contributed by atoms with E-state index in [1.165, 1.54) is 17.0 Å². The Morgan fingerprint density at radius 2 is 1.97 bits per heavy atom. The Morgan fingerprint density at radius 3 is 2.68 bits per heavy atom. The average Bonchev–Trinajstić information content (AvgIpc) is 3.58. The molecule has 9 heteroatoms. The van der Waals surface area contributed by atoms with Crippen molar-refractivity contribution in [2.45, 2.75) is 38.6 Å². The number of aromatic amines is 1. The van der Waals surface area contributed by atoms with Crippen molar-refractivity contribution in [3.8, 4) is 16.9 Å². The summed E-state index contributed by atoms with van der Waals surface area (Å²) in [6.45, 7) is 3.19. The maximum Gasteiger partial charge on any atom is 0.407 e. The van der Waals surface area contributed by atoms with Gasteiger partial charge in [-0.05, 0) is 62.8 Å². The van der Waals surface area contributed by atoms with Crippen LogP contribution in [0.5, 0.6) is 5.75 Å². The van der Waals surface area contributed by atoms with Gasteiger partial charge < -0.3 is 25.0 Å². The number of ether oxygens (including phenoxy) is 1. The predicted molar refractivity (Wildman–Crippen MR) is 125 cm³/mol. The van der Waals surface area contributed by atoms with Gasteiger partial charge >= 0.3 is 6.09 Å². The number of H-pyrrole nitrogens is 1. The summed E-state index contributed by atoms with van der Waals surface area (Å²) in [6.07, 6.45) is 4.10. The number of piperidine rings is 1. The van der Waals surface area contributed by atoms with E-state index >= 15 is 0 Å². The number of hydrogen-bond donors (Lipinski definition) is 3. The molecule has 5 rings (SSSR count). The molecule has 0 atom stereocenters. The fourth-order valence-corrected chi connectivity index (χ4v) is 4.51. The molecule has 2 aliphatic rings. The van der Waals surface area contributed by atoms with Gasteiger partial charge in [-0.15, -0.1) is 0 Å². The summed E-state index contributed by atoms with van der Waals surface area (Å²) in [5, 5.41) is 12.2. The Bertz CT molecular complexity index is 1250. The maximum atomic E-state index is 14.2. The van der Waals surface area contributed by atoms with Crippen LogP contribution in [0, 0.1) is 18.7 Å². The number of fused-ring (bicyclic) bond motifs is 1. The number of rotatable bonds is 6. The molecule has 1 aliphatic heterocycles. The Labute approximate surface area is 196 Å². The number of carboxylic acid groups (broad SMARTS) is 1. The van der Waals surface area contributed by atoms with Gasteiger partial charge in [0.15, 0.2) is 0 Å². The molecule has 0 radical (unpaired) electrons. The summed E-state index contributed by atoms with van der Waals surface area (Å²) >= 11 is 0. The van der Waals surface area contributed by atoms with E-state index in [1.807, 2.05) is 6.92 Å². The van der Waals surface area contributed by atoms with E-state index in [4.69, 9.17) is 9.84 Å². The number of benzene rings is 1. The Morgan fingerprint density at radius 1 is 1.21 bits per heavy atom. The molecule has 8 nitrogen and oxygen atoms in total. The molecule has 178 valence electrons. The number of carbonyl (C=O) groups is 2. The Balaban J connectivity index is 1.43. The van der Waals surface area contributed by atoms with Gasteiger partial charge in [-0.1, -0.05) is 0 Å². The molecule has 2 amide bonds. The maximum absolute atomic E-state index is 14.2. The molecule has 2 fully saturated rings. The molecular weight excluding hydrogens is 439 g/mol. The van der Waals surface area contributed by atoms with Crippen molar-refractivity contribution in [3.05, 3.63) is 47.5 Å². The number of amides is 2. The molecule has 1 saturated carbocycles. The van der Waals surface area contributed by atoms with Crippen LogP contribution in [-0.2, 0) is 0 Å². The zero-order valence-electron chi connectivity index (χ0n) is 18.9. The van der Waals surface area contributed by atoms with Gasteiger partial charge in [0.25, 0.3) is 5.91 Å². The molecule has 0 spiro atoms. The van der Waals surface area contributed by atoms with Gasteiger partial charge in [0.2, 0.25) is 0 Å². The summed E-state index contributed by atoms with van der Waals surface area (Å²) < 4.78 is 20.2. The lowest BCUT2D eigenvalue weighted by Gasteiger charge is -2.30. The van der Waals surface area contributed by atoms with Crippen LogP contribution in [0.1, 0.15) is 41.7 Å². The summed E-state index contributed by atoms with van der Waals surface area (Å²) in [7, 11) is 0. The topological polar surface area (TPSA) is 108 Å². The third-order valence-corrected chi connectivity index (χ3v) is 6.61. The highest BCUT2D eigenvalue weighted by Gasteiger charge is 2.27. The predicted octanol–water partition coefficient (Wildman–Crippen LogP) is 4.34. The van der Waals surface area contributed by atoms with Crippen molar-refractivity contribution < 1.29 is 23.8 Å². The lowest BCUT2D eigenvalue weighted by molar-refractivity contribution is 0.0908. The largest absolute Gasteiger partial charge is 0.493 e. The van der Waals surface area contributed by atoms with Gasteiger partial charge in [0.05, 0.1) is 17.7 Å². The van der Waals surface area contributed by atoms with Gasteiger partial charge in [-0.3, -0.25) is 9.78 Å². The highest BCUT2D eigenvalue weighted by Crippen LogP contribution is 2.38. The van der Waals surface area contributed by atoms with E-state index in [1.54, 1.807) is 18.3 Å². The molecule has 3 aromatic rings. The summed E-state index contributed by atoms with van der Waals surface area (Å²) in [5.74, 6) is 0.532. The quantitative estimate of drug-likeness (QED) is 0.501. The van der Waals surface area contributed by atoms with E-state index in [9.17, 15) is 14.0 Å². The minimum atomic E-state index is -0.938. The summed E-state index contributed by atoms with van der Waals surface area (Å²) in [4.78, 5) is 33.4. The number of halogens is 1. The second-order valence-electron chi connectivity index (χ2n) is 9.12. The van der Waals surface area contributed by atoms with Crippen molar-refractivity contribution in [2.24, 2.45) is 5.92 Å².